The van der Waals surface area contributed by atoms with Crippen molar-refractivity contribution >= 4 is 5.97 Å². The van der Waals surface area contributed by atoms with Crippen LogP contribution in [0.5, 0.6) is 0 Å². The minimum Gasteiger partial charge on any atom is -0.468 e. The van der Waals surface area contributed by atoms with Gasteiger partial charge in [0.15, 0.2) is 0 Å². The number of ether oxygens (including phenoxy) is 1. The monoisotopic (exact) mass is 253 g/mol. The topological polar surface area (TPSA) is 56.1 Å². The molecule has 18 heavy (non-hydrogen) atoms. The quantitative estimate of drug-likeness (QED) is 0.823. The summed E-state index contributed by atoms with van der Waals surface area (Å²) in [7, 11) is 3.30. The van der Waals surface area contributed by atoms with Crippen molar-refractivity contribution in [2.75, 3.05) is 7.11 Å². The van der Waals surface area contributed by atoms with Crippen LogP contribution in [0.1, 0.15) is 39.0 Å². The van der Waals surface area contributed by atoms with Crippen molar-refractivity contribution < 1.29 is 9.53 Å². The molecular weight excluding hydrogens is 230 g/mol. The molecular formula is C13H23N3O2. The molecule has 1 rings (SSSR count). The minimum atomic E-state index is -0.317. The van der Waals surface area contributed by atoms with Gasteiger partial charge in [-0.15, -0.1) is 0 Å². The van der Waals surface area contributed by atoms with Crippen molar-refractivity contribution in [3.63, 3.8) is 0 Å². The van der Waals surface area contributed by atoms with Gasteiger partial charge in [-0.05, 0) is 6.92 Å². The molecule has 5 nitrogen and oxygen atoms in total. The van der Waals surface area contributed by atoms with E-state index in [-0.39, 0.29) is 17.4 Å². The normalized spacial score (nSPS) is 13.4. The summed E-state index contributed by atoms with van der Waals surface area (Å²) in [6.07, 6.45) is 1.98. The molecule has 0 saturated heterocycles. The van der Waals surface area contributed by atoms with E-state index >= 15 is 0 Å². The zero-order valence-electron chi connectivity index (χ0n) is 12.1. The maximum Gasteiger partial charge on any atom is 0.322 e. The summed E-state index contributed by atoms with van der Waals surface area (Å²) in [5.74, 6) is -0.254. The van der Waals surface area contributed by atoms with E-state index in [0.717, 1.165) is 11.3 Å². The molecule has 1 aromatic rings. The minimum absolute atomic E-state index is 0.00717. The zero-order valence-corrected chi connectivity index (χ0v) is 12.1. The number of rotatable bonds is 4. The predicted molar refractivity (Wildman–Crippen MR) is 70.2 cm³/mol. The molecule has 1 heterocycles. The second-order valence-electron chi connectivity index (χ2n) is 5.55. The van der Waals surface area contributed by atoms with Crippen LogP contribution in [-0.4, -0.2) is 28.9 Å². The van der Waals surface area contributed by atoms with Gasteiger partial charge in [0, 0.05) is 30.8 Å². The number of hydrogen-bond acceptors (Lipinski definition) is 4. The molecule has 5 heteroatoms. The van der Waals surface area contributed by atoms with Gasteiger partial charge in [-0.3, -0.25) is 9.48 Å². The second kappa shape index (κ2) is 5.52. The van der Waals surface area contributed by atoms with Crippen LogP contribution in [0.25, 0.3) is 0 Å². The summed E-state index contributed by atoms with van der Waals surface area (Å²) in [5, 5.41) is 7.63. The number of carbonyl (C=O) groups excluding carboxylic acids is 1. The Kier molecular flexibility index (Phi) is 4.51. The number of aromatic nitrogens is 2. The van der Waals surface area contributed by atoms with E-state index in [1.54, 1.807) is 11.6 Å². The fourth-order valence-corrected chi connectivity index (χ4v) is 1.82. The van der Waals surface area contributed by atoms with Gasteiger partial charge in [-0.1, -0.05) is 20.8 Å². The van der Waals surface area contributed by atoms with E-state index < -0.39 is 0 Å². The number of aryl methyl sites for hydroxylation is 1. The van der Waals surface area contributed by atoms with E-state index in [1.807, 2.05) is 13.2 Å². The van der Waals surface area contributed by atoms with Gasteiger partial charge in [-0.2, -0.15) is 5.10 Å². The molecule has 0 aromatic carbocycles. The third-order valence-electron chi connectivity index (χ3n) is 2.77. The molecule has 1 aromatic heterocycles. The van der Waals surface area contributed by atoms with Crippen LogP contribution in [0.2, 0.25) is 0 Å². The molecule has 0 saturated carbocycles. The smallest absolute Gasteiger partial charge is 0.322 e. The second-order valence-corrected chi connectivity index (χ2v) is 5.55. The third-order valence-corrected chi connectivity index (χ3v) is 2.77. The lowest BCUT2D eigenvalue weighted by Crippen LogP contribution is -2.34. The Morgan fingerprint density at radius 1 is 1.56 bits per heavy atom. The summed E-state index contributed by atoms with van der Waals surface area (Å²) in [6, 6.07) is -0.317. The summed E-state index contributed by atoms with van der Waals surface area (Å²) >= 11 is 0. The van der Waals surface area contributed by atoms with Gasteiger partial charge in [0.1, 0.15) is 6.04 Å². The highest BCUT2D eigenvalue weighted by molar-refractivity contribution is 5.75. The summed E-state index contributed by atoms with van der Waals surface area (Å²) in [5.41, 5.74) is 2.16. The summed E-state index contributed by atoms with van der Waals surface area (Å²) < 4.78 is 6.49. The largest absolute Gasteiger partial charge is 0.468 e. The molecule has 1 N–H and O–H groups in total. The average molecular weight is 253 g/mol. The standard InChI is InChI=1S/C13H23N3O2/c1-9(12(17)18-6)14-7-10-8-16(5)15-11(10)13(2,3)4/h8-9,14H,7H2,1-6H3. The molecule has 1 unspecified atom stereocenters. The molecule has 0 aliphatic heterocycles. The number of hydrogen-bond donors (Lipinski definition) is 1. The molecule has 0 spiro atoms. The highest BCUT2D eigenvalue weighted by atomic mass is 16.5. The van der Waals surface area contributed by atoms with Crippen molar-refractivity contribution in [2.45, 2.75) is 45.7 Å². The van der Waals surface area contributed by atoms with Crippen LogP contribution in [0.15, 0.2) is 6.20 Å². The van der Waals surface area contributed by atoms with E-state index in [2.05, 4.69) is 35.9 Å². The summed E-state index contributed by atoms with van der Waals surface area (Å²) in [4.78, 5) is 11.3. The Morgan fingerprint density at radius 2 is 2.17 bits per heavy atom. The van der Waals surface area contributed by atoms with Crippen LogP contribution in [0, 0.1) is 0 Å². The van der Waals surface area contributed by atoms with E-state index in [4.69, 9.17) is 0 Å². The Morgan fingerprint density at radius 3 is 2.67 bits per heavy atom. The van der Waals surface area contributed by atoms with Gasteiger partial charge in [0.05, 0.1) is 12.8 Å². The molecule has 0 bridgehead atoms. The Balaban J connectivity index is 2.76. The van der Waals surface area contributed by atoms with E-state index in [1.165, 1.54) is 7.11 Å². The molecule has 0 fully saturated rings. The predicted octanol–water partition coefficient (Wildman–Crippen LogP) is 1.37. The lowest BCUT2D eigenvalue weighted by Gasteiger charge is -2.18. The number of methoxy groups -OCH3 is 1. The third kappa shape index (κ3) is 3.57. The lowest BCUT2D eigenvalue weighted by molar-refractivity contribution is -0.142. The molecule has 1 atom stereocenters. The highest BCUT2D eigenvalue weighted by Gasteiger charge is 2.22. The average Bonchev–Trinajstić information content (AvgIpc) is 2.66. The van der Waals surface area contributed by atoms with Gasteiger partial charge in [0.25, 0.3) is 0 Å². The first-order valence-corrected chi connectivity index (χ1v) is 6.10. The SMILES string of the molecule is COC(=O)C(C)NCc1cn(C)nc1C(C)(C)C. The maximum atomic E-state index is 11.3. The van der Waals surface area contributed by atoms with Crippen molar-refractivity contribution in [1.82, 2.24) is 15.1 Å². The van der Waals surface area contributed by atoms with Gasteiger partial charge < -0.3 is 10.1 Å². The number of nitrogens with zero attached hydrogens (tertiary/aromatic N) is 2. The van der Waals surface area contributed by atoms with Crippen LogP contribution in [0.4, 0.5) is 0 Å². The molecule has 0 aliphatic rings. The Labute approximate surface area is 109 Å². The fourth-order valence-electron chi connectivity index (χ4n) is 1.82. The summed E-state index contributed by atoms with van der Waals surface area (Å²) in [6.45, 7) is 8.78. The Bertz CT molecular complexity index is 418. The van der Waals surface area contributed by atoms with Crippen molar-refractivity contribution in [2.24, 2.45) is 7.05 Å². The van der Waals surface area contributed by atoms with Gasteiger partial charge in [-0.25, -0.2) is 0 Å². The van der Waals surface area contributed by atoms with E-state index in [9.17, 15) is 4.79 Å². The van der Waals surface area contributed by atoms with Gasteiger partial charge in [0.2, 0.25) is 0 Å². The molecule has 0 radical (unpaired) electrons. The fraction of sp³-hybridized carbons (Fsp3) is 0.692. The highest BCUT2D eigenvalue weighted by Crippen LogP contribution is 2.23. The Hall–Kier alpha value is -1.36. The number of nitrogens with one attached hydrogen (secondary N) is 1. The maximum absolute atomic E-state index is 11.3. The van der Waals surface area contributed by atoms with E-state index in [0.29, 0.717) is 6.54 Å². The van der Waals surface area contributed by atoms with Gasteiger partial charge >= 0.3 is 5.97 Å². The number of carbonyl (C=O) groups is 1. The first kappa shape index (κ1) is 14.7. The first-order chi connectivity index (χ1) is 8.25. The zero-order chi connectivity index (χ0) is 13.9. The van der Waals surface area contributed by atoms with Crippen LogP contribution in [-0.2, 0) is 28.5 Å². The molecule has 0 aliphatic carbocycles. The number of esters is 1. The van der Waals surface area contributed by atoms with Crippen LogP contribution in [0.3, 0.4) is 0 Å². The molecule has 0 amide bonds. The van der Waals surface area contributed by atoms with Crippen molar-refractivity contribution in [3.05, 3.63) is 17.5 Å². The van der Waals surface area contributed by atoms with Crippen LogP contribution < -0.4 is 5.32 Å². The van der Waals surface area contributed by atoms with Crippen molar-refractivity contribution in [1.29, 1.82) is 0 Å². The lowest BCUT2D eigenvalue weighted by atomic mass is 9.89. The first-order valence-electron chi connectivity index (χ1n) is 6.10. The van der Waals surface area contributed by atoms with Crippen molar-refractivity contribution in [3.8, 4) is 0 Å². The molecule has 102 valence electrons. The van der Waals surface area contributed by atoms with Crippen LogP contribution >= 0.6 is 0 Å².